The van der Waals surface area contributed by atoms with Crippen LogP contribution in [0.2, 0.25) is 0 Å². The van der Waals surface area contributed by atoms with E-state index in [2.05, 4.69) is 10.4 Å². The van der Waals surface area contributed by atoms with Crippen LogP contribution in [0, 0.1) is 11.8 Å². The number of nitrogens with one attached hydrogen (secondary N) is 1. The third kappa shape index (κ3) is 5.59. The lowest BCUT2D eigenvalue weighted by atomic mass is 9.67. The summed E-state index contributed by atoms with van der Waals surface area (Å²) in [4.78, 5) is 26.4. The molecule has 1 aromatic rings. The van der Waals surface area contributed by atoms with Gasteiger partial charge >= 0.3 is 0 Å². The number of rotatable bonds is 5. The van der Waals surface area contributed by atoms with E-state index in [9.17, 15) is 9.59 Å². The normalized spacial score (nSPS) is 27.5. The quantitative estimate of drug-likeness (QED) is 0.759. The lowest BCUT2D eigenvalue weighted by Crippen LogP contribution is -2.55. The Morgan fingerprint density at radius 3 is 2.48 bits per heavy atom. The van der Waals surface area contributed by atoms with Gasteiger partial charge < -0.3 is 16.0 Å². The van der Waals surface area contributed by atoms with Gasteiger partial charge in [0.25, 0.3) is 0 Å². The highest BCUT2D eigenvalue weighted by molar-refractivity contribution is 5.86. The molecule has 0 saturated heterocycles. The summed E-state index contributed by atoms with van der Waals surface area (Å²) in [7, 11) is 1.67. The van der Waals surface area contributed by atoms with Gasteiger partial charge in [0.2, 0.25) is 11.8 Å². The molecule has 0 aromatic carbocycles. The van der Waals surface area contributed by atoms with Gasteiger partial charge in [-0.1, -0.05) is 6.42 Å². The van der Waals surface area contributed by atoms with Crippen molar-refractivity contribution in [2.24, 2.45) is 17.6 Å². The smallest absolute Gasteiger partial charge is 0.247 e. The Balaban J connectivity index is 0.00000182. The van der Waals surface area contributed by atoms with Crippen LogP contribution < -0.4 is 11.1 Å². The minimum Gasteiger partial charge on any atom is -0.351 e. The van der Waals surface area contributed by atoms with Crippen molar-refractivity contribution in [2.75, 3.05) is 13.6 Å². The molecule has 2 fully saturated rings. The first kappa shape index (κ1) is 23.7. The number of amides is 2. The molecule has 154 valence electrons. The Bertz CT molecular complexity index is 599. The largest absolute Gasteiger partial charge is 0.351 e. The summed E-state index contributed by atoms with van der Waals surface area (Å²) in [5, 5.41) is 7.28. The predicted molar refractivity (Wildman–Crippen MR) is 109 cm³/mol. The summed E-state index contributed by atoms with van der Waals surface area (Å²) < 4.78 is 1.60. The monoisotopic (exact) mass is 419 g/mol. The predicted octanol–water partition coefficient (Wildman–Crippen LogP) is 1.77. The van der Waals surface area contributed by atoms with Crippen molar-refractivity contribution in [2.45, 2.75) is 57.2 Å². The van der Waals surface area contributed by atoms with Crippen molar-refractivity contribution in [3.63, 3.8) is 0 Å². The maximum atomic E-state index is 12.5. The zero-order valence-corrected chi connectivity index (χ0v) is 17.5. The van der Waals surface area contributed by atoms with E-state index in [4.69, 9.17) is 5.73 Å². The van der Waals surface area contributed by atoms with E-state index in [1.807, 2.05) is 0 Å². The van der Waals surface area contributed by atoms with Gasteiger partial charge in [-0.2, -0.15) is 5.10 Å². The average molecular weight is 420 g/mol. The molecule has 27 heavy (non-hydrogen) atoms. The fourth-order valence-corrected chi connectivity index (χ4v) is 4.49. The number of carbonyl (C=O) groups is 2. The first-order valence-corrected chi connectivity index (χ1v) is 9.24. The summed E-state index contributed by atoms with van der Waals surface area (Å²) in [6.45, 7) is 1.86. The van der Waals surface area contributed by atoms with Crippen LogP contribution in [0.3, 0.4) is 0 Å². The third-order valence-corrected chi connectivity index (χ3v) is 5.74. The molecule has 3 atom stereocenters. The van der Waals surface area contributed by atoms with Crippen LogP contribution in [0.15, 0.2) is 18.5 Å². The van der Waals surface area contributed by atoms with Crippen molar-refractivity contribution in [1.29, 1.82) is 0 Å². The molecule has 2 bridgehead atoms. The van der Waals surface area contributed by atoms with E-state index in [1.165, 1.54) is 11.3 Å². The van der Waals surface area contributed by atoms with E-state index in [-0.39, 0.29) is 55.3 Å². The Hall–Kier alpha value is -1.31. The highest BCUT2D eigenvalue weighted by Crippen LogP contribution is 2.39. The van der Waals surface area contributed by atoms with E-state index >= 15 is 0 Å². The van der Waals surface area contributed by atoms with Crippen LogP contribution in [0.4, 0.5) is 0 Å². The zero-order chi connectivity index (χ0) is 18.0. The van der Waals surface area contributed by atoms with Crippen molar-refractivity contribution in [3.8, 4) is 0 Å². The van der Waals surface area contributed by atoms with Gasteiger partial charge in [0.1, 0.15) is 6.04 Å². The molecule has 1 heterocycles. The molecule has 2 saturated carbocycles. The molecule has 0 aliphatic heterocycles. The fourth-order valence-electron chi connectivity index (χ4n) is 4.49. The summed E-state index contributed by atoms with van der Waals surface area (Å²) in [6.07, 6.45) is 8.89. The molecular formula is C18H31Cl2N5O2. The second-order valence-electron chi connectivity index (χ2n) is 7.63. The number of aromatic nitrogens is 2. The molecular weight excluding hydrogens is 389 g/mol. The number of nitrogens with zero attached hydrogens (tertiary/aromatic N) is 3. The molecule has 2 aliphatic carbocycles. The average Bonchev–Trinajstić information content (AvgIpc) is 3.08. The highest BCUT2D eigenvalue weighted by atomic mass is 35.5. The number of likely N-dealkylation sites (N-methyl/N-ethyl adjacent to an activating group) is 1. The Labute approximate surface area is 173 Å². The van der Waals surface area contributed by atoms with Crippen LogP contribution >= 0.6 is 24.8 Å². The van der Waals surface area contributed by atoms with Crippen molar-refractivity contribution < 1.29 is 9.59 Å². The first-order chi connectivity index (χ1) is 12.0. The van der Waals surface area contributed by atoms with Gasteiger partial charge in [-0.15, -0.1) is 24.8 Å². The van der Waals surface area contributed by atoms with Gasteiger partial charge in [0.05, 0.1) is 6.54 Å². The summed E-state index contributed by atoms with van der Waals surface area (Å²) in [5.74, 6) is 0.761. The van der Waals surface area contributed by atoms with Crippen molar-refractivity contribution in [1.82, 2.24) is 20.0 Å². The standard InChI is InChI=1S/C18H29N5O2.2ClH/c1-12(23-8-4-7-20-23)18(25)22(2)11-16(24)21-17-13-5-3-6-14(17)10-15(19)9-13;;/h4,7-8,12-15,17H,3,5-6,9-11,19H2,1-2H3,(H,21,24);2*1H. The lowest BCUT2D eigenvalue weighted by molar-refractivity contribution is -0.137. The summed E-state index contributed by atoms with van der Waals surface area (Å²) >= 11 is 0. The van der Waals surface area contributed by atoms with E-state index in [0.29, 0.717) is 11.8 Å². The van der Waals surface area contributed by atoms with Crippen LogP contribution in [0.1, 0.15) is 45.1 Å². The molecule has 7 nitrogen and oxygen atoms in total. The highest BCUT2D eigenvalue weighted by Gasteiger charge is 2.40. The molecule has 9 heteroatoms. The first-order valence-electron chi connectivity index (χ1n) is 9.24. The second kappa shape index (κ2) is 10.3. The molecule has 2 amide bonds. The topological polar surface area (TPSA) is 93.3 Å². The number of nitrogens with two attached hydrogens (primary N) is 1. The third-order valence-electron chi connectivity index (χ3n) is 5.74. The molecule has 0 radical (unpaired) electrons. The van der Waals surface area contributed by atoms with E-state index in [1.54, 1.807) is 37.1 Å². The molecule has 1 aromatic heterocycles. The minimum absolute atomic E-state index is 0. The van der Waals surface area contributed by atoms with Crippen molar-refractivity contribution in [3.05, 3.63) is 18.5 Å². The molecule has 3 rings (SSSR count). The number of hydrogen-bond acceptors (Lipinski definition) is 4. The van der Waals surface area contributed by atoms with Crippen LogP contribution in [0.25, 0.3) is 0 Å². The number of hydrogen-bond donors (Lipinski definition) is 2. The van der Waals surface area contributed by atoms with Gasteiger partial charge in [0, 0.05) is 31.5 Å². The Morgan fingerprint density at radius 2 is 1.93 bits per heavy atom. The number of halogens is 2. The Morgan fingerprint density at radius 1 is 1.30 bits per heavy atom. The SMILES string of the molecule is CC(C(=O)N(C)CC(=O)NC1C2CCCC1CC(N)C2)n1cccn1.Cl.Cl. The van der Waals surface area contributed by atoms with Gasteiger partial charge in [-0.25, -0.2) is 0 Å². The minimum atomic E-state index is -0.417. The molecule has 3 N–H and O–H groups in total. The zero-order valence-electron chi connectivity index (χ0n) is 15.9. The van der Waals surface area contributed by atoms with Crippen LogP contribution in [-0.2, 0) is 9.59 Å². The van der Waals surface area contributed by atoms with E-state index in [0.717, 1.165) is 25.7 Å². The maximum Gasteiger partial charge on any atom is 0.247 e. The lowest BCUT2D eigenvalue weighted by Gasteiger charge is -2.45. The fraction of sp³-hybridized carbons (Fsp3) is 0.722. The Kier molecular flexibility index (Phi) is 9.05. The van der Waals surface area contributed by atoms with Gasteiger partial charge in [-0.05, 0) is 50.5 Å². The van der Waals surface area contributed by atoms with Crippen LogP contribution in [-0.4, -0.2) is 52.2 Å². The van der Waals surface area contributed by atoms with Crippen molar-refractivity contribution >= 4 is 36.6 Å². The van der Waals surface area contributed by atoms with Crippen LogP contribution in [0.5, 0.6) is 0 Å². The number of carbonyl (C=O) groups excluding carboxylic acids is 2. The van der Waals surface area contributed by atoms with Gasteiger partial charge in [0.15, 0.2) is 0 Å². The summed E-state index contributed by atoms with van der Waals surface area (Å²) in [5.41, 5.74) is 6.14. The second-order valence-corrected chi connectivity index (χ2v) is 7.63. The van der Waals surface area contributed by atoms with E-state index < -0.39 is 6.04 Å². The molecule has 2 aliphatic rings. The molecule has 0 spiro atoms. The molecule has 3 unspecified atom stereocenters. The maximum absolute atomic E-state index is 12.5. The van der Waals surface area contributed by atoms with Gasteiger partial charge in [-0.3, -0.25) is 14.3 Å². The summed E-state index contributed by atoms with van der Waals surface area (Å²) in [6, 6.07) is 1.85. The number of fused-ring (bicyclic) bond motifs is 2.